The molecule has 0 aliphatic heterocycles. The molecule has 0 spiro atoms. The Labute approximate surface area is 122 Å². The van der Waals surface area contributed by atoms with E-state index in [0.29, 0.717) is 0 Å². The van der Waals surface area contributed by atoms with Crippen LogP contribution in [-0.4, -0.2) is 36.0 Å². The van der Waals surface area contributed by atoms with Crippen molar-refractivity contribution in [3.05, 3.63) is 29.8 Å². The van der Waals surface area contributed by atoms with Crippen LogP contribution in [0.25, 0.3) is 0 Å². The number of hydrazine groups is 1. The second-order valence-corrected chi connectivity index (χ2v) is 4.58. The Balaban J connectivity index is 2.77. The molecule has 3 N–H and O–H groups in total. The summed E-state index contributed by atoms with van der Waals surface area (Å²) in [5.41, 5.74) is 6.19. The molecule has 1 aromatic carbocycles. The molecule has 7 nitrogen and oxygen atoms in total. The first-order valence-electron chi connectivity index (χ1n) is 6.48. The summed E-state index contributed by atoms with van der Waals surface area (Å²) in [6.07, 6.45) is -0.0816. The summed E-state index contributed by atoms with van der Waals surface area (Å²) in [6, 6.07) is 7.39. The first-order chi connectivity index (χ1) is 9.90. The lowest BCUT2D eigenvalue weighted by atomic mass is 10.1. The van der Waals surface area contributed by atoms with Crippen LogP contribution in [0, 0.1) is 6.92 Å². The van der Waals surface area contributed by atoms with Gasteiger partial charge < -0.3 is 10.0 Å². The summed E-state index contributed by atoms with van der Waals surface area (Å²) in [5, 5.41) is 8.80. The molecule has 0 saturated carbocycles. The molecule has 1 rings (SSSR count). The minimum Gasteiger partial charge on any atom is -0.481 e. The zero-order valence-corrected chi connectivity index (χ0v) is 12.0. The van der Waals surface area contributed by atoms with Crippen molar-refractivity contribution < 1.29 is 19.5 Å². The Morgan fingerprint density at radius 2 is 1.86 bits per heavy atom. The number of hydrogen-bond acceptors (Lipinski definition) is 4. The molecule has 0 aromatic heterocycles. The quantitative estimate of drug-likeness (QED) is 0.661. The number of carboxylic acid groups (broad SMARTS) is 1. The number of aryl methyl sites for hydroxylation is 1. The van der Waals surface area contributed by atoms with Gasteiger partial charge in [0.1, 0.15) is 0 Å². The number of benzene rings is 1. The van der Waals surface area contributed by atoms with E-state index in [2.05, 4.69) is 10.9 Å². The molecule has 2 amide bonds. The van der Waals surface area contributed by atoms with Gasteiger partial charge in [0.15, 0.2) is 0 Å². The Bertz CT molecular complexity index is 531. The fourth-order valence-corrected chi connectivity index (χ4v) is 1.80. The van der Waals surface area contributed by atoms with Crippen molar-refractivity contribution >= 4 is 23.5 Å². The van der Waals surface area contributed by atoms with Crippen LogP contribution in [0.2, 0.25) is 0 Å². The Morgan fingerprint density at radius 1 is 1.19 bits per heavy atom. The maximum absolute atomic E-state index is 11.8. The van der Waals surface area contributed by atoms with Crippen LogP contribution >= 0.6 is 0 Å². The molecule has 0 aliphatic rings. The van der Waals surface area contributed by atoms with Crippen molar-refractivity contribution in [2.75, 3.05) is 18.0 Å². The van der Waals surface area contributed by atoms with E-state index in [1.165, 1.54) is 6.92 Å². The number of amides is 2. The third-order valence-corrected chi connectivity index (χ3v) is 2.76. The van der Waals surface area contributed by atoms with Gasteiger partial charge >= 0.3 is 5.97 Å². The summed E-state index contributed by atoms with van der Waals surface area (Å²) < 4.78 is 0. The number of para-hydroxylation sites is 1. The van der Waals surface area contributed by atoms with Crippen molar-refractivity contribution in [3.63, 3.8) is 0 Å². The SMILES string of the molecule is CC(=O)NNC(=O)CN(CCC(=O)O)c1ccccc1C. The van der Waals surface area contributed by atoms with Gasteiger partial charge in [-0.2, -0.15) is 0 Å². The highest BCUT2D eigenvalue weighted by Gasteiger charge is 2.14. The number of anilines is 1. The highest BCUT2D eigenvalue weighted by molar-refractivity contribution is 5.84. The van der Waals surface area contributed by atoms with Gasteiger partial charge in [0.2, 0.25) is 5.91 Å². The predicted octanol–water partition coefficient (Wildman–Crippen LogP) is 0.443. The fourth-order valence-electron chi connectivity index (χ4n) is 1.80. The highest BCUT2D eigenvalue weighted by Crippen LogP contribution is 2.19. The zero-order chi connectivity index (χ0) is 15.8. The normalized spacial score (nSPS) is 9.81. The topological polar surface area (TPSA) is 98.7 Å². The third-order valence-electron chi connectivity index (χ3n) is 2.76. The molecule has 0 saturated heterocycles. The number of carbonyl (C=O) groups excluding carboxylic acids is 2. The van der Waals surface area contributed by atoms with Crippen molar-refractivity contribution in [3.8, 4) is 0 Å². The van der Waals surface area contributed by atoms with E-state index < -0.39 is 11.9 Å². The van der Waals surface area contributed by atoms with Gasteiger partial charge in [-0.25, -0.2) is 0 Å². The molecule has 21 heavy (non-hydrogen) atoms. The van der Waals surface area contributed by atoms with Crippen LogP contribution in [0.4, 0.5) is 5.69 Å². The van der Waals surface area contributed by atoms with Gasteiger partial charge in [0.25, 0.3) is 5.91 Å². The summed E-state index contributed by atoms with van der Waals surface area (Å²) in [7, 11) is 0. The number of nitrogens with one attached hydrogen (secondary N) is 2. The van der Waals surface area contributed by atoms with Gasteiger partial charge in [0, 0.05) is 19.2 Å². The second kappa shape index (κ2) is 7.88. The zero-order valence-electron chi connectivity index (χ0n) is 12.0. The van der Waals surface area contributed by atoms with E-state index in [1.807, 2.05) is 31.2 Å². The monoisotopic (exact) mass is 293 g/mol. The van der Waals surface area contributed by atoms with E-state index >= 15 is 0 Å². The molecule has 0 fully saturated rings. The molecule has 0 heterocycles. The Hall–Kier alpha value is -2.57. The second-order valence-electron chi connectivity index (χ2n) is 4.58. The van der Waals surface area contributed by atoms with Crippen LogP contribution in [-0.2, 0) is 14.4 Å². The molecule has 0 atom stereocenters. The first-order valence-corrected chi connectivity index (χ1v) is 6.48. The number of carboxylic acids is 1. The van der Waals surface area contributed by atoms with E-state index in [-0.39, 0.29) is 25.4 Å². The molecule has 1 aromatic rings. The van der Waals surface area contributed by atoms with E-state index in [4.69, 9.17) is 5.11 Å². The molecule has 0 unspecified atom stereocenters. The van der Waals surface area contributed by atoms with Crippen LogP contribution in [0.5, 0.6) is 0 Å². The van der Waals surface area contributed by atoms with Crippen molar-refractivity contribution in [2.45, 2.75) is 20.3 Å². The highest BCUT2D eigenvalue weighted by atomic mass is 16.4. The van der Waals surface area contributed by atoms with Crippen LogP contribution in [0.1, 0.15) is 18.9 Å². The van der Waals surface area contributed by atoms with Crippen molar-refractivity contribution in [1.29, 1.82) is 0 Å². The smallest absolute Gasteiger partial charge is 0.305 e. The van der Waals surface area contributed by atoms with E-state index in [1.54, 1.807) is 4.90 Å². The maximum atomic E-state index is 11.8. The average molecular weight is 293 g/mol. The molecule has 0 aliphatic carbocycles. The fraction of sp³-hybridized carbons (Fsp3) is 0.357. The number of carbonyl (C=O) groups is 3. The first kappa shape index (κ1) is 16.5. The lowest BCUT2D eigenvalue weighted by Gasteiger charge is -2.25. The largest absolute Gasteiger partial charge is 0.481 e. The molecule has 0 radical (unpaired) electrons. The summed E-state index contributed by atoms with van der Waals surface area (Å²) in [6.45, 7) is 3.32. The minimum absolute atomic E-state index is 0.0432. The van der Waals surface area contributed by atoms with Crippen molar-refractivity contribution in [1.82, 2.24) is 10.9 Å². The number of nitrogens with zero attached hydrogens (tertiary/aromatic N) is 1. The van der Waals surface area contributed by atoms with Gasteiger partial charge in [-0.3, -0.25) is 25.2 Å². The minimum atomic E-state index is -0.934. The summed E-state index contributed by atoms with van der Waals surface area (Å²) in [5.74, 6) is -1.73. The number of hydrogen-bond donors (Lipinski definition) is 3. The number of rotatable bonds is 6. The van der Waals surface area contributed by atoms with E-state index in [0.717, 1.165) is 11.3 Å². The standard InChI is InChI=1S/C14H19N3O4/c1-10-5-3-4-6-12(10)17(8-7-14(20)21)9-13(19)16-15-11(2)18/h3-6H,7-9H2,1-2H3,(H,15,18)(H,16,19)(H,20,21). The number of aliphatic carboxylic acids is 1. The van der Waals surface area contributed by atoms with Crippen LogP contribution in [0.3, 0.4) is 0 Å². The maximum Gasteiger partial charge on any atom is 0.305 e. The van der Waals surface area contributed by atoms with Crippen LogP contribution < -0.4 is 15.8 Å². The molecular weight excluding hydrogens is 274 g/mol. The molecular formula is C14H19N3O4. The average Bonchev–Trinajstić information content (AvgIpc) is 2.41. The summed E-state index contributed by atoms with van der Waals surface area (Å²) >= 11 is 0. The predicted molar refractivity (Wildman–Crippen MR) is 77.6 cm³/mol. The van der Waals surface area contributed by atoms with Gasteiger partial charge in [-0.15, -0.1) is 0 Å². The molecule has 7 heteroatoms. The lowest BCUT2D eigenvalue weighted by Crippen LogP contribution is -2.46. The third kappa shape index (κ3) is 5.94. The van der Waals surface area contributed by atoms with Crippen molar-refractivity contribution in [2.24, 2.45) is 0 Å². The lowest BCUT2D eigenvalue weighted by molar-refractivity contribution is -0.136. The van der Waals surface area contributed by atoms with Gasteiger partial charge in [-0.05, 0) is 18.6 Å². The Kier molecular flexibility index (Phi) is 6.19. The van der Waals surface area contributed by atoms with Crippen LogP contribution in [0.15, 0.2) is 24.3 Å². The Morgan fingerprint density at radius 3 is 2.43 bits per heavy atom. The van der Waals surface area contributed by atoms with Gasteiger partial charge in [-0.1, -0.05) is 18.2 Å². The van der Waals surface area contributed by atoms with Gasteiger partial charge in [0.05, 0.1) is 13.0 Å². The summed E-state index contributed by atoms with van der Waals surface area (Å²) in [4.78, 5) is 34.9. The van der Waals surface area contributed by atoms with E-state index in [9.17, 15) is 14.4 Å². The molecule has 0 bridgehead atoms. The molecule has 114 valence electrons.